The molecule has 0 radical (unpaired) electrons. The van der Waals surface area contributed by atoms with Crippen LogP contribution in [-0.4, -0.2) is 19.8 Å². The molecule has 3 nitrogen and oxygen atoms in total. The Labute approximate surface area is 141 Å². The van der Waals surface area contributed by atoms with E-state index < -0.39 is 0 Å². The quantitative estimate of drug-likeness (QED) is 0.854. The van der Waals surface area contributed by atoms with E-state index in [0.29, 0.717) is 12.5 Å². The van der Waals surface area contributed by atoms with Crippen LogP contribution < -0.4 is 15.2 Å². The fraction of sp³-hybridized carbons (Fsp3) is 0.667. The maximum Gasteiger partial charge on any atom is 0.164 e. The molecule has 3 rings (SSSR count). The molecule has 4 heteroatoms. The third-order valence-corrected chi connectivity index (χ3v) is 5.71. The minimum Gasteiger partial charge on any atom is -0.490 e. The Morgan fingerprint density at radius 2 is 1.86 bits per heavy atom. The number of benzene rings is 1. The molecule has 1 aromatic carbocycles. The summed E-state index contributed by atoms with van der Waals surface area (Å²) in [5.74, 6) is 2.21. The van der Waals surface area contributed by atoms with Gasteiger partial charge in [-0.15, -0.1) is 0 Å². The lowest BCUT2D eigenvalue weighted by Gasteiger charge is -2.34. The molecule has 22 heavy (non-hydrogen) atoms. The van der Waals surface area contributed by atoms with E-state index >= 15 is 0 Å². The van der Waals surface area contributed by atoms with Crippen LogP contribution in [0.3, 0.4) is 0 Å². The van der Waals surface area contributed by atoms with Gasteiger partial charge in [0.15, 0.2) is 11.5 Å². The standard InChI is InChI=1S/C18H26BrNO2/c1-12(2)15-16(18(11-20)6-3-4-7-18)13(19)10-14-17(15)22-9-5-8-21-14/h10,12H,3-9,11,20H2,1-2H3. The number of hydrogen-bond acceptors (Lipinski definition) is 3. The van der Waals surface area contributed by atoms with Crippen molar-refractivity contribution in [3.05, 3.63) is 21.7 Å². The van der Waals surface area contributed by atoms with Crippen molar-refractivity contribution in [2.75, 3.05) is 19.8 Å². The molecule has 1 aromatic rings. The first-order chi connectivity index (χ1) is 10.6. The average molecular weight is 368 g/mol. The monoisotopic (exact) mass is 367 g/mol. The van der Waals surface area contributed by atoms with E-state index in [9.17, 15) is 0 Å². The smallest absolute Gasteiger partial charge is 0.164 e. The van der Waals surface area contributed by atoms with Gasteiger partial charge in [0, 0.05) is 28.4 Å². The minimum atomic E-state index is 0.0864. The predicted octanol–water partition coefficient (Wildman–Crippen LogP) is 4.50. The van der Waals surface area contributed by atoms with E-state index in [1.54, 1.807) is 0 Å². The van der Waals surface area contributed by atoms with E-state index in [-0.39, 0.29) is 5.41 Å². The van der Waals surface area contributed by atoms with Crippen LogP contribution in [0.4, 0.5) is 0 Å². The lowest BCUT2D eigenvalue weighted by atomic mass is 9.74. The highest BCUT2D eigenvalue weighted by Gasteiger charge is 2.40. The van der Waals surface area contributed by atoms with Gasteiger partial charge in [-0.05, 0) is 30.4 Å². The summed E-state index contributed by atoms with van der Waals surface area (Å²) in [6, 6.07) is 2.09. The summed E-state index contributed by atoms with van der Waals surface area (Å²) in [6.45, 7) is 6.62. The first-order valence-corrected chi connectivity index (χ1v) is 9.21. The molecular formula is C18H26BrNO2. The van der Waals surface area contributed by atoms with Gasteiger partial charge in [-0.3, -0.25) is 0 Å². The van der Waals surface area contributed by atoms with Crippen LogP contribution in [0.25, 0.3) is 0 Å². The van der Waals surface area contributed by atoms with Gasteiger partial charge >= 0.3 is 0 Å². The second-order valence-corrected chi connectivity index (χ2v) is 7.73. The van der Waals surface area contributed by atoms with Crippen LogP contribution in [0.1, 0.15) is 63.0 Å². The van der Waals surface area contributed by atoms with Crippen molar-refractivity contribution in [1.82, 2.24) is 0 Å². The highest BCUT2D eigenvalue weighted by atomic mass is 79.9. The van der Waals surface area contributed by atoms with Crippen molar-refractivity contribution >= 4 is 15.9 Å². The highest BCUT2D eigenvalue weighted by molar-refractivity contribution is 9.10. The third kappa shape index (κ3) is 2.65. The van der Waals surface area contributed by atoms with Gasteiger partial charge in [0.25, 0.3) is 0 Å². The fourth-order valence-electron chi connectivity index (χ4n) is 4.00. The van der Waals surface area contributed by atoms with E-state index in [1.165, 1.54) is 36.8 Å². The van der Waals surface area contributed by atoms with Crippen LogP contribution in [0.2, 0.25) is 0 Å². The Morgan fingerprint density at radius 3 is 2.50 bits per heavy atom. The summed E-state index contributed by atoms with van der Waals surface area (Å²) in [5, 5.41) is 0. The molecule has 0 aromatic heterocycles. The number of fused-ring (bicyclic) bond motifs is 1. The van der Waals surface area contributed by atoms with Gasteiger partial charge in [0.2, 0.25) is 0 Å². The number of ether oxygens (including phenoxy) is 2. The van der Waals surface area contributed by atoms with E-state index in [1.807, 2.05) is 0 Å². The number of halogens is 1. The highest BCUT2D eigenvalue weighted by Crippen LogP contribution is 2.51. The van der Waals surface area contributed by atoms with E-state index in [4.69, 9.17) is 15.2 Å². The zero-order valence-corrected chi connectivity index (χ0v) is 15.2. The summed E-state index contributed by atoms with van der Waals surface area (Å²) >= 11 is 3.82. The zero-order valence-electron chi connectivity index (χ0n) is 13.6. The molecule has 0 atom stereocenters. The Bertz CT molecular complexity index is 551. The first-order valence-electron chi connectivity index (χ1n) is 8.41. The minimum absolute atomic E-state index is 0.0864. The molecule has 0 saturated heterocycles. The molecule has 0 unspecified atom stereocenters. The van der Waals surface area contributed by atoms with Gasteiger partial charge in [-0.25, -0.2) is 0 Å². The van der Waals surface area contributed by atoms with Crippen molar-refractivity contribution in [2.24, 2.45) is 5.73 Å². The van der Waals surface area contributed by atoms with Crippen LogP contribution in [0.5, 0.6) is 11.5 Å². The normalized spacial score (nSPS) is 20.2. The SMILES string of the molecule is CC(C)c1c2c(cc(Br)c1C1(CN)CCCC1)OCCCO2. The Morgan fingerprint density at radius 1 is 1.18 bits per heavy atom. The summed E-state index contributed by atoms with van der Waals surface area (Å²) in [5.41, 5.74) is 9.00. The number of rotatable bonds is 3. The molecule has 1 fully saturated rings. The molecule has 2 N–H and O–H groups in total. The van der Waals surface area contributed by atoms with Crippen LogP contribution in [-0.2, 0) is 5.41 Å². The van der Waals surface area contributed by atoms with Crippen molar-refractivity contribution in [1.29, 1.82) is 0 Å². The fourth-order valence-corrected chi connectivity index (χ4v) is 4.84. The van der Waals surface area contributed by atoms with Crippen LogP contribution in [0.15, 0.2) is 10.5 Å². The van der Waals surface area contributed by atoms with E-state index in [0.717, 1.165) is 35.6 Å². The summed E-state index contributed by atoms with van der Waals surface area (Å²) in [6.07, 6.45) is 5.79. The Balaban J connectivity index is 2.23. The van der Waals surface area contributed by atoms with Crippen molar-refractivity contribution in [3.63, 3.8) is 0 Å². The van der Waals surface area contributed by atoms with Gasteiger partial charge in [-0.1, -0.05) is 42.6 Å². The maximum atomic E-state index is 6.25. The molecule has 0 spiro atoms. The molecule has 1 aliphatic carbocycles. The lowest BCUT2D eigenvalue weighted by Crippen LogP contribution is -2.34. The van der Waals surface area contributed by atoms with Crippen molar-refractivity contribution in [3.8, 4) is 11.5 Å². The second kappa shape index (κ2) is 6.40. The topological polar surface area (TPSA) is 44.5 Å². The van der Waals surface area contributed by atoms with Gasteiger partial charge in [0.05, 0.1) is 13.2 Å². The second-order valence-electron chi connectivity index (χ2n) is 6.87. The molecule has 1 aliphatic heterocycles. The molecule has 122 valence electrons. The zero-order chi connectivity index (χ0) is 15.7. The van der Waals surface area contributed by atoms with Gasteiger partial charge in [0.1, 0.15) is 0 Å². The summed E-state index contributed by atoms with van der Waals surface area (Å²) < 4.78 is 13.1. The Hall–Kier alpha value is -0.740. The van der Waals surface area contributed by atoms with Gasteiger partial charge in [-0.2, -0.15) is 0 Å². The van der Waals surface area contributed by atoms with Crippen molar-refractivity contribution in [2.45, 2.75) is 57.3 Å². The van der Waals surface area contributed by atoms with E-state index in [2.05, 4.69) is 35.8 Å². The molecule has 1 heterocycles. The first kappa shape index (κ1) is 16.1. The van der Waals surface area contributed by atoms with Crippen LogP contribution >= 0.6 is 15.9 Å². The van der Waals surface area contributed by atoms with Crippen LogP contribution in [0, 0.1) is 0 Å². The molecule has 0 amide bonds. The largest absolute Gasteiger partial charge is 0.490 e. The summed E-state index contributed by atoms with van der Waals surface area (Å²) in [7, 11) is 0. The Kier molecular flexibility index (Phi) is 4.69. The molecule has 1 saturated carbocycles. The predicted molar refractivity (Wildman–Crippen MR) is 93.0 cm³/mol. The van der Waals surface area contributed by atoms with Crippen molar-refractivity contribution < 1.29 is 9.47 Å². The maximum absolute atomic E-state index is 6.25. The summed E-state index contributed by atoms with van der Waals surface area (Å²) in [4.78, 5) is 0. The third-order valence-electron chi connectivity index (χ3n) is 5.09. The average Bonchev–Trinajstić information content (AvgIpc) is 2.86. The lowest BCUT2D eigenvalue weighted by molar-refractivity contribution is 0.295. The molecular weight excluding hydrogens is 342 g/mol. The molecule has 0 bridgehead atoms. The van der Waals surface area contributed by atoms with Gasteiger partial charge < -0.3 is 15.2 Å². The molecule has 2 aliphatic rings. The number of nitrogens with two attached hydrogens (primary N) is 1. The number of hydrogen-bond donors (Lipinski definition) is 1.